The van der Waals surface area contributed by atoms with Crippen molar-refractivity contribution in [3.8, 4) is 0 Å². The molecule has 1 heterocycles. The van der Waals surface area contributed by atoms with E-state index in [1.807, 2.05) is 11.8 Å². The Morgan fingerprint density at radius 2 is 2.60 bits per heavy atom. The molecule has 0 aromatic rings. The van der Waals surface area contributed by atoms with Crippen molar-refractivity contribution in [2.75, 3.05) is 13.1 Å². The third-order valence-electron chi connectivity index (χ3n) is 2.22. The molecule has 1 aliphatic rings. The Balaban J connectivity index is 2.34. The normalized spacial score (nSPS) is 17.7. The number of hydrogen-bond acceptors (Lipinski definition) is 3. The van der Waals surface area contributed by atoms with Gasteiger partial charge in [-0.1, -0.05) is 30.1 Å². The maximum Gasteiger partial charge on any atom is 0.223 e. The average molecular weight is 244 g/mol. The summed E-state index contributed by atoms with van der Waals surface area (Å²) in [5, 5.41) is 3.17. The molecule has 0 bridgehead atoms. The summed E-state index contributed by atoms with van der Waals surface area (Å²) in [4.78, 5) is 13.3. The predicted octanol–water partition coefficient (Wildman–Crippen LogP) is 1.75. The summed E-state index contributed by atoms with van der Waals surface area (Å²) in [5.74, 6) is 0.238. The average Bonchev–Trinajstić information content (AvgIpc) is 2.61. The number of hydrogen-bond donors (Lipinski definition) is 1. The zero-order chi connectivity index (χ0) is 11.3. The van der Waals surface area contributed by atoms with Gasteiger partial charge in [0, 0.05) is 19.5 Å². The molecule has 0 radical (unpaired) electrons. The second kappa shape index (κ2) is 6.12. The van der Waals surface area contributed by atoms with E-state index in [4.69, 9.17) is 12.2 Å². The number of nitrogens with zero attached hydrogens (tertiary/aromatic N) is 1. The van der Waals surface area contributed by atoms with E-state index in [1.54, 1.807) is 6.08 Å². The van der Waals surface area contributed by atoms with Crippen molar-refractivity contribution >= 4 is 34.2 Å². The van der Waals surface area contributed by atoms with Crippen molar-refractivity contribution in [1.82, 2.24) is 10.2 Å². The number of thioether (sulfide) groups is 1. The Morgan fingerprint density at radius 1 is 1.87 bits per heavy atom. The number of rotatable bonds is 4. The van der Waals surface area contributed by atoms with Crippen molar-refractivity contribution in [3.63, 3.8) is 0 Å². The van der Waals surface area contributed by atoms with Gasteiger partial charge in [-0.05, 0) is 13.3 Å². The van der Waals surface area contributed by atoms with Crippen LogP contribution in [-0.2, 0) is 4.79 Å². The summed E-state index contributed by atoms with van der Waals surface area (Å²) >= 11 is 6.65. The minimum absolute atomic E-state index is 0.129. The van der Waals surface area contributed by atoms with Crippen LogP contribution in [0.1, 0.15) is 19.8 Å². The molecule has 0 spiro atoms. The Bertz CT molecular complexity index is 268. The van der Waals surface area contributed by atoms with Crippen LogP contribution in [-0.4, -0.2) is 33.6 Å². The Labute approximate surface area is 100 Å². The number of carbonyl (C=O) groups is 1. The van der Waals surface area contributed by atoms with E-state index in [0.29, 0.717) is 13.0 Å². The zero-order valence-electron chi connectivity index (χ0n) is 8.86. The van der Waals surface area contributed by atoms with Crippen molar-refractivity contribution < 1.29 is 4.79 Å². The van der Waals surface area contributed by atoms with Crippen molar-refractivity contribution in [2.45, 2.75) is 25.1 Å². The monoisotopic (exact) mass is 244 g/mol. The molecule has 0 unspecified atom stereocenters. The number of carbonyl (C=O) groups excluding carboxylic acids is 1. The highest BCUT2D eigenvalue weighted by Gasteiger charge is 2.25. The number of thiocarbonyl (C=S) groups is 1. The van der Waals surface area contributed by atoms with E-state index in [2.05, 4.69) is 11.9 Å². The quantitative estimate of drug-likeness (QED) is 0.603. The summed E-state index contributed by atoms with van der Waals surface area (Å²) < 4.78 is 0.724. The second-order valence-corrected chi connectivity index (χ2v) is 5.36. The first-order chi connectivity index (χ1) is 7.15. The van der Waals surface area contributed by atoms with Gasteiger partial charge in [-0.2, -0.15) is 0 Å². The molecule has 1 N–H and O–H groups in total. The third-order valence-corrected chi connectivity index (χ3v) is 3.60. The fraction of sp³-hybridized carbons (Fsp3) is 0.600. The Kier molecular flexibility index (Phi) is 5.11. The largest absolute Gasteiger partial charge is 0.367 e. The summed E-state index contributed by atoms with van der Waals surface area (Å²) in [6.45, 7) is 7.15. The highest BCUT2D eigenvalue weighted by molar-refractivity contribution is 8.23. The van der Waals surface area contributed by atoms with Gasteiger partial charge >= 0.3 is 0 Å². The highest BCUT2D eigenvalue weighted by atomic mass is 32.2. The second-order valence-electron chi connectivity index (χ2n) is 3.36. The summed E-state index contributed by atoms with van der Waals surface area (Å²) in [6, 6.07) is 0. The van der Waals surface area contributed by atoms with Gasteiger partial charge in [-0.25, -0.2) is 0 Å². The molecule has 0 aliphatic carbocycles. The van der Waals surface area contributed by atoms with Crippen molar-refractivity contribution in [3.05, 3.63) is 12.7 Å². The van der Waals surface area contributed by atoms with Gasteiger partial charge in [0.15, 0.2) is 0 Å². The molecule has 84 valence electrons. The van der Waals surface area contributed by atoms with Crippen LogP contribution in [0, 0.1) is 0 Å². The van der Waals surface area contributed by atoms with Crippen molar-refractivity contribution in [1.29, 1.82) is 0 Å². The molecular weight excluding hydrogens is 228 g/mol. The molecule has 0 saturated carbocycles. The summed E-state index contributed by atoms with van der Waals surface area (Å²) in [7, 11) is 0. The minimum atomic E-state index is 0.129. The summed E-state index contributed by atoms with van der Waals surface area (Å²) in [5.41, 5.74) is 0. The zero-order valence-corrected chi connectivity index (χ0v) is 10.5. The van der Waals surface area contributed by atoms with Gasteiger partial charge in [0.25, 0.3) is 0 Å². The van der Waals surface area contributed by atoms with E-state index in [9.17, 15) is 4.79 Å². The lowest BCUT2D eigenvalue weighted by molar-refractivity contribution is -0.128. The molecule has 5 heteroatoms. The molecule has 1 rings (SSSR count). The van der Waals surface area contributed by atoms with Gasteiger partial charge in [-0.15, -0.1) is 6.58 Å². The highest BCUT2D eigenvalue weighted by Crippen LogP contribution is 2.21. The van der Waals surface area contributed by atoms with Crippen molar-refractivity contribution in [2.24, 2.45) is 0 Å². The molecule has 1 aliphatic heterocycles. The van der Waals surface area contributed by atoms with Crippen LogP contribution in [0.4, 0.5) is 0 Å². The molecular formula is C10H16N2OS2. The van der Waals surface area contributed by atoms with E-state index in [-0.39, 0.29) is 11.3 Å². The van der Waals surface area contributed by atoms with Gasteiger partial charge in [0.05, 0.1) is 5.37 Å². The van der Waals surface area contributed by atoms with Gasteiger partial charge in [0.1, 0.15) is 4.32 Å². The molecule has 0 aromatic carbocycles. The lowest BCUT2D eigenvalue weighted by atomic mass is 10.4. The summed E-state index contributed by atoms with van der Waals surface area (Å²) in [6.07, 6.45) is 3.41. The predicted molar refractivity (Wildman–Crippen MR) is 68.8 cm³/mol. The van der Waals surface area contributed by atoms with E-state index in [1.165, 1.54) is 11.8 Å². The molecule has 1 fully saturated rings. The molecule has 15 heavy (non-hydrogen) atoms. The van der Waals surface area contributed by atoms with Gasteiger partial charge in [-0.3, -0.25) is 4.79 Å². The lowest BCUT2D eigenvalue weighted by Crippen LogP contribution is -2.34. The number of likely N-dealkylation sites (tertiary alicyclic amines) is 1. The maximum atomic E-state index is 11.4. The SMILES string of the molecule is C=CCNC(=S)S[C@@H](C)N1CCCC1=O. The third kappa shape index (κ3) is 3.83. The fourth-order valence-electron chi connectivity index (χ4n) is 1.47. The molecule has 1 atom stereocenters. The molecule has 1 amide bonds. The van der Waals surface area contributed by atoms with Crippen LogP contribution in [0.15, 0.2) is 12.7 Å². The topological polar surface area (TPSA) is 32.3 Å². The molecule has 3 nitrogen and oxygen atoms in total. The first kappa shape index (κ1) is 12.5. The smallest absolute Gasteiger partial charge is 0.223 e. The minimum Gasteiger partial charge on any atom is -0.367 e. The van der Waals surface area contributed by atoms with E-state index in [0.717, 1.165) is 17.3 Å². The van der Waals surface area contributed by atoms with Gasteiger partial charge in [0.2, 0.25) is 5.91 Å². The fourth-order valence-corrected chi connectivity index (χ4v) is 2.80. The van der Waals surface area contributed by atoms with Crippen LogP contribution < -0.4 is 5.32 Å². The Morgan fingerprint density at radius 3 is 3.13 bits per heavy atom. The number of nitrogens with one attached hydrogen (secondary N) is 1. The van der Waals surface area contributed by atoms with Crippen LogP contribution in [0.25, 0.3) is 0 Å². The van der Waals surface area contributed by atoms with Crippen LogP contribution in [0.3, 0.4) is 0 Å². The van der Waals surface area contributed by atoms with Crippen LogP contribution >= 0.6 is 24.0 Å². The van der Waals surface area contributed by atoms with Crippen LogP contribution in [0.5, 0.6) is 0 Å². The number of amides is 1. The maximum absolute atomic E-state index is 11.4. The van der Waals surface area contributed by atoms with E-state index >= 15 is 0 Å². The standard InChI is InChI=1S/C10H16N2OS2/c1-3-6-11-10(14)15-8(2)12-7-4-5-9(12)13/h3,8H,1,4-7H2,2H3,(H,11,14)/t8-/m0/s1. The van der Waals surface area contributed by atoms with Crippen LogP contribution in [0.2, 0.25) is 0 Å². The van der Waals surface area contributed by atoms with E-state index < -0.39 is 0 Å². The Hall–Kier alpha value is -0.550. The molecule has 0 aromatic heterocycles. The first-order valence-corrected chi connectivity index (χ1v) is 6.28. The lowest BCUT2D eigenvalue weighted by Gasteiger charge is -2.23. The van der Waals surface area contributed by atoms with Gasteiger partial charge < -0.3 is 10.2 Å². The first-order valence-electron chi connectivity index (χ1n) is 5.00. The molecule has 1 saturated heterocycles.